The normalized spacial score (nSPS) is 10.8. The Morgan fingerprint density at radius 3 is 2.34 bits per heavy atom. The highest BCUT2D eigenvalue weighted by atomic mass is 35.5. The van der Waals surface area contributed by atoms with E-state index in [1.54, 1.807) is 18.2 Å². The van der Waals surface area contributed by atoms with Gasteiger partial charge in [0.25, 0.3) is 5.91 Å². The maximum absolute atomic E-state index is 12.4. The predicted molar refractivity (Wildman–Crippen MR) is 110 cm³/mol. The molecule has 1 aromatic heterocycles. The van der Waals surface area contributed by atoms with Gasteiger partial charge in [-0.05, 0) is 36.4 Å². The molecule has 0 saturated heterocycles. The molecule has 0 fully saturated rings. The highest BCUT2D eigenvalue weighted by molar-refractivity contribution is 6.33. The van der Waals surface area contributed by atoms with Gasteiger partial charge in [0.1, 0.15) is 11.5 Å². The molecule has 0 saturated carbocycles. The molecule has 3 rings (SSSR count). The molecule has 0 aliphatic rings. The molecule has 0 bridgehead atoms. The number of carbonyl (C=O) groups is 1. The molecular formula is C21H19ClN2O5. The lowest BCUT2D eigenvalue weighted by Gasteiger charge is -2.13. The smallest absolute Gasteiger partial charge is 0.271 e. The van der Waals surface area contributed by atoms with E-state index in [4.69, 9.17) is 30.2 Å². The summed E-state index contributed by atoms with van der Waals surface area (Å²) in [6, 6.07) is 13.9. The molecule has 0 spiro atoms. The van der Waals surface area contributed by atoms with E-state index < -0.39 is 5.91 Å². The summed E-state index contributed by atoms with van der Waals surface area (Å²) in [5, 5.41) is 4.52. The maximum atomic E-state index is 12.4. The van der Waals surface area contributed by atoms with E-state index in [1.807, 2.05) is 18.2 Å². The van der Waals surface area contributed by atoms with Crippen molar-refractivity contribution >= 4 is 23.7 Å². The van der Waals surface area contributed by atoms with Gasteiger partial charge >= 0.3 is 0 Å². The van der Waals surface area contributed by atoms with Crippen molar-refractivity contribution in [2.45, 2.75) is 0 Å². The van der Waals surface area contributed by atoms with Crippen LogP contribution in [0.1, 0.15) is 16.1 Å². The van der Waals surface area contributed by atoms with Crippen LogP contribution >= 0.6 is 11.6 Å². The number of hydrogen-bond acceptors (Lipinski definition) is 6. The van der Waals surface area contributed by atoms with Gasteiger partial charge in [-0.25, -0.2) is 5.43 Å². The molecule has 0 unspecified atom stereocenters. The van der Waals surface area contributed by atoms with Crippen molar-refractivity contribution in [3.8, 4) is 28.6 Å². The second-order valence-electron chi connectivity index (χ2n) is 5.80. The monoisotopic (exact) mass is 414 g/mol. The summed E-state index contributed by atoms with van der Waals surface area (Å²) < 4.78 is 21.4. The van der Waals surface area contributed by atoms with Crippen LogP contribution < -0.4 is 19.6 Å². The Bertz CT molecular complexity index is 1020. The fourth-order valence-electron chi connectivity index (χ4n) is 2.66. The fourth-order valence-corrected chi connectivity index (χ4v) is 2.89. The molecule has 2 aromatic carbocycles. The zero-order chi connectivity index (χ0) is 20.8. The Labute approximate surface area is 172 Å². The number of methoxy groups -OCH3 is 3. The van der Waals surface area contributed by atoms with Gasteiger partial charge in [0.15, 0.2) is 11.5 Å². The van der Waals surface area contributed by atoms with E-state index in [-0.39, 0.29) is 0 Å². The van der Waals surface area contributed by atoms with Crippen molar-refractivity contribution in [1.82, 2.24) is 5.43 Å². The van der Waals surface area contributed by atoms with Crippen LogP contribution in [0.2, 0.25) is 5.02 Å². The van der Waals surface area contributed by atoms with Crippen LogP contribution in [-0.4, -0.2) is 33.5 Å². The largest absolute Gasteiger partial charge is 0.493 e. The lowest BCUT2D eigenvalue weighted by atomic mass is 10.1. The second kappa shape index (κ2) is 9.16. The number of carbonyl (C=O) groups excluding carboxylic acids is 1. The number of rotatable bonds is 7. The van der Waals surface area contributed by atoms with E-state index in [0.29, 0.717) is 39.4 Å². The van der Waals surface area contributed by atoms with E-state index in [2.05, 4.69) is 10.5 Å². The third-order valence-corrected chi connectivity index (χ3v) is 4.38. The first kappa shape index (κ1) is 20.3. The third kappa shape index (κ3) is 4.52. The lowest BCUT2D eigenvalue weighted by Crippen LogP contribution is -2.18. The summed E-state index contributed by atoms with van der Waals surface area (Å²) in [6.07, 6.45) is 1.40. The number of nitrogens with zero attached hydrogens (tertiary/aromatic N) is 1. The highest BCUT2D eigenvalue weighted by Gasteiger charge is 2.16. The quantitative estimate of drug-likeness (QED) is 0.458. The van der Waals surface area contributed by atoms with E-state index in [0.717, 1.165) is 5.56 Å². The van der Waals surface area contributed by atoms with Gasteiger partial charge in [-0.2, -0.15) is 5.10 Å². The van der Waals surface area contributed by atoms with Gasteiger partial charge < -0.3 is 18.6 Å². The molecule has 150 valence electrons. The second-order valence-corrected chi connectivity index (χ2v) is 6.20. The topological polar surface area (TPSA) is 82.3 Å². The summed E-state index contributed by atoms with van der Waals surface area (Å²) >= 11 is 6.17. The van der Waals surface area contributed by atoms with Crippen molar-refractivity contribution in [3.63, 3.8) is 0 Å². The molecule has 7 nitrogen and oxygen atoms in total. The Kier molecular flexibility index (Phi) is 6.41. The molecule has 0 radical (unpaired) electrons. The van der Waals surface area contributed by atoms with Gasteiger partial charge in [-0.3, -0.25) is 4.79 Å². The first-order valence-corrected chi connectivity index (χ1v) is 8.93. The minimum atomic E-state index is -0.446. The van der Waals surface area contributed by atoms with Crippen molar-refractivity contribution in [3.05, 3.63) is 64.9 Å². The first-order chi connectivity index (χ1) is 14.1. The average molecular weight is 415 g/mol. The molecule has 8 heteroatoms. The predicted octanol–water partition coefficient (Wildman–Crippen LogP) is 4.39. The lowest BCUT2D eigenvalue weighted by molar-refractivity contribution is 0.0954. The van der Waals surface area contributed by atoms with Crippen LogP contribution in [-0.2, 0) is 0 Å². The molecule has 0 aliphatic carbocycles. The number of furan rings is 1. The highest BCUT2D eigenvalue weighted by Crippen LogP contribution is 2.38. The summed E-state index contributed by atoms with van der Waals surface area (Å²) in [7, 11) is 4.44. The zero-order valence-electron chi connectivity index (χ0n) is 16.1. The Balaban J connectivity index is 1.73. The Morgan fingerprint density at radius 1 is 1.03 bits per heavy atom. The number of nitrogens with one attached hydrogen (secondary N) is 1. The van der Waals surface area contributed by atoms with Crippen LogP contribution in [0, 0.1) is 0 Å². The molecular weight excluding hydrogens is 396 g/mol. The van der Waals surface area contributed by atoms with Crippen LogP contribution in [0.3, 0.4) is 0 Å². The number of hydrogen-bond donors (Lipinski definition) is 1. The van der Waals surface area contributed by atoms with E-state index in [9.17, 15) is 4.79 Å². The molecule has 3 aromatic rings. The van der Waals surface area contributed by atoms with Crippen LogP contribution in [0.15, 0.2) is 58.0 Å². The number of ether oxygens (including phenoxy) is 3. The molecule has 1 heterocycles. The van der Waals surface area contributed by atoms with Gasteiger partial charge in [0.05, 0.1) is 32.6 Å². The minimum absolute atomic E-state index is 0.299. The fraction of sp³-hybridized carbons (Fsp3) is 0.143. The van der Waals surface area contributed by atoms with Crippen molar-refractivity contribution in [2.75, 3.05) is 21.3 Å². The van der Waals surface area contributed by atoms with Crippen molar-refractivity contribution < 1.29 is 23.4 Å². The van der Waals surface area contributed by atoms with Gasteiger partial charge in [0.2, 0.25) is 5.75 Å². The third-order valence-electron chi connectivity index (χ3n) is 4.05. The van der Waals surface area contributed by atoms with Crippen LogP contribution in [0.4, 0.5) is 0 Å². The summed E-state index contributed by atoms with van der Waals surface area (Å²) in [4.78, 5) is 12.4. The van der Waals surface area contributed by atoms with Gasteiger partial charge in [-0.15, -0.1) is 0 Å². The minimum Gasteiger partial charge on any atom is -0.493 e. The van der Waals surface area contributed by atoms with E-state index >= 15 is 0 Å². The summed E-state index contributed by atoms with van der Waals surface area (Å²) in [5.74, 6) is 1.77. The summed E-state index contributed by atoms with van der Waals surface area (Å²) in [5.41, 5.74) is 3.51. The number of hydrazone groups is 1. The molecule has 0 aliphatic heterocycles. The molecule has 0 atom stereocenters. The van der Waals surface area contributed by atoms with Crippen molar-refractivity contribution in [1.29, 1.82) is 0 Å². The maximum Gasteiger partial charge on any atom is 0.271 e. The zero-order valence-corrected chi connectivity index (χ0v) is 16.8. The Hall–Kier alpha value is -3.45. The average Bonchev–Trinajstić information content (AvgIpc) is 3.21. The number of halogens is 1. The van der Waals surface area contributed by atoms with Crippen molar-refractivity contribution in [2.24, 2.45) is 5.10 Å². The van der Waals surface area contributed by atoms with E-state index in [1.165, 1.54) is 39.7 Å². The standard InChI is InChI=1S/C21H19ClN2O5/c1-26-18-10-13(11-19(27-2)20(18)28-3)21(25)24-23-12-14-8-9-17(29-14)15-6-4-5-7-16(15)22/h4-12H,1-3H3,(H,24,25). The van der Waals surface area contributed by atoms with Gasteiger partial charge in [0, 0.05) is 11.1 Å². The SMILES string of the molecule is COc1cc(C(=O)NN=Cc2ccc(-c3ccccc3Cl)o2)cc(OC)c1OC. The van der Waals surface area contributed by atoms with Crippen LogP contribution in [0.5, 0.6) is 17.2 Å². The summed E-state index contributed by atoms with van der Waals surface area (Å²) in [6.45, 7) is 0. The Morgan fingerprint density at radius 2 is 1.72 bits per heavy atom. The first-order valence-electron chi connectivity index (χ1n) is 8.55. The molecule has 29 heavy (non-hydrogen) atoms. The number of benzene rings is 2. The molecule has 1 N–H and O–H groups in total. The molecule has 1 amide bonds. The number of amides is 1. The van der Waals surface area contributed by atoms with Gasteiger partial charge in [-0.1, -0.05) is 23.7 Å². The van der Waals surface area contributed by atoms with Crippen LogP contribution in [0.25, 0.3) is 11.3 Å².